The molecule has 7 heteroatoms. The molecule has 0 bridgehead atoms. The van der Waals surface area contributed by atoms with Crippen LogP contribution in [-0.2, 0) is 0 Å². The quantitative estimate of drug-likeness (QED) is 0.765. The molecule has 1 heterocycles. The van der Waals surface area contributed by atoms with Gasteiger partial charge in [0.2, 0.25) is 0 Å². The van der Waals surface area contributed by atoms with Crippen molar-refractivity contribution < 1.29 is 9.90 Å². The molecule has 1 amide bonds. The van der Waals surface area contributed by atoms with Gasteiger partial charge in [-0.3, -0.25) is 4.79 Å². The van der Waals surface area contributed by atoms with E-state index >= 15 is 0 Å². The van der Waals surface area contributed by atoms with Crippen molar-refractivity contribution in [3.05, 3.63) is 4.88 Å². The van der Waals surface area contributed by atoms with E-state index in [2.05, 4.69) is 10.3 Å². The van der Waals surface area contributed by atoms with Crippen LogP contribution in [0.1, 0.15) is 42.3 Å². The molecule has 0 aromatic carbocycles. The van der Waals surface area contributed by atoms with Gasteiger partial charge in [0.1, 0.15) is 10.7 Å². The monoisotopic (exact) mass is 312 g/mol. The van der Waals surface area contributed by atoms with Crippen LogP contribution in [0.15, 0.2) is 0 Å². The predicted molar refractivity (Wildman–Crippen MR) is 85.8 cm³/mol. The van der Waals surface area contributed by atoms with Crippen molar-refractivity contribution in [2.75, 3.05) is 30.8 Å². The van der Waals surface area contributed by atoms with Gasteiger partial charge < -0.3 is 21.1 Å². The van der Waals surface area contributed by atoms with Crippen LogP contribution < -0.4 is 16.0 Å². The molecule has 1 aliphatic carbocycles. The van der Waals surface area contributed by atoms with Crippen molar-refractivity contribution in [3.8, 4) is 0 Å². The van der Waals surface area contributed by atoms with E-state index in [1.165, 1.54) is 11.3 Å². The number of aliphatic hydroxyl groups is 1. The summed E-state index contributed by atoms with van der Waals surface area (Å²) in [5, 5.41) is 13.6. The van der Waals surface area contributed by atoms with Crippen LogP contribution in [0.3, 0.4) is 0 Å². The van der Waals surface area contributed by atoms with Crippen LogP contribution in [0.2, 0.25) is 0 Å². The molecule has 1 saturated carbocycles. The van der Waals surface area contributed by atoms with E-state index < -0.39 is 0 Å². The highest BCUT2D eigenvalue weighted by Crippen LogP contribution is 2.28. The van der Waals surface area contributed by atoms with Crippen LogP contribution in [0, 0.1) is 5.92 Å². The molecule has 6 nitrogen and oxygen atoms in total. The molecule has 0 saturated heterocycles. The average Bonchev–Trinajstić information content (AvgIpc) is 2.87. The van der Waals surface area contributed by atoms with Gasteiger partial charge in [-0.1, -0.05) is 24.2 Å². The number of rotatable bonds is 5. The molecular formula is C14H24N4O2S. The summed E-state index contributed by atoms with van der Waals surface area (Å²) in [7, 11) is 1.92. The summed E-state index contributed by atoms with van der Waals surface area (Å²) in [5.41, 5.74) is 5.83. The molecule has 2 atom stereocenters. The minimum Gasteiger partial charge on any atom is -0.393 e. The number of aliphatic hydroxyl groups excluding tert-OH is 1. The van der Waals surface area contributed by atoms with Crippen LogP contribution in [0.5, 0.6) is 0 Å². The summed E-state index contributed by atoms with van der Waals surface area (Å²) in [6.45, 7) is 3.32. The van der Waals surface area contributed by atoms with Gasteiger partial charge in [0.05, 0.1) is 6.10 Å². The third kappa shape index (κ3) is 3.85. The first kappa shape index (κ1) is 16.0. The van der Waals surface area contributed by atoms with Gasteiger partial charge >= 0.3 is 0 Å². The zero-order valence-electron chi connectivity index (χ0n) is 12.6. The molecule has 0 aliphatic heterocycles. The summed E-state index contributed by atoms with van der Waals surface area (Å²) in [4.78, 5) is 18.8. The Morgan fingerprint density at radius 3 is 2.90 bits per heavy atom. The van der Waals surface area contributed by atoms with E-state index in [0.29, 0.717) is 11.4 Å². The first-order valence-corrected chi connectivity index (χ1v) is 8.28. The number of hydrogen-bond acceptors (Lipinski definition) is 6. The molecule has 118 valence electrons. The number of thiazole rings is 1. The van der Waals surface area contributed by atoms with Gasteiger partial charge in [-0.05, 0) is 19.8 Å². The van der Waals surface area contributed by atoms with Crippen LogP contribution in [0.4, 0.5) is 10.9 Å². The second-order valence-corrected chi connectivity index (χ2v) is 6.52. The normalized spacial score (nSPS) is 22.0. The zero-order valence-corrected chi connectivity index (χ0v) is 13.4. The zero-order chi connectivity index (χ0) is 15.4. The Kier molecular flexibility index (Phi) is 5.41. The van der Waals surface area contributed by atoms with Gasteiger partial charge in [-0.15, -0.1) is 0 Å². The molecule has 21 heavy (non-hydrogen) atoms. The topological polar surface area (TPSA) is 91.5 Å². The van der Waals surface area contributed by atoms with Crippen molar-refractivity contribution in [1.29, 1.82) is 0 Å². The Bertz CT molecular complexity index is 491. The predicted octanol–water partition coefficient (Wildman–Crippen LogP) is 1.46. The Labute approximate surface area is 129 Å². The lowest BCUT2D eigenvalue weighted by Gasteiger charge is -2.27. The number of aromatic nitrogens is 1. The number of anilines is 2. The van der Waals surface area contributed by atoms with E-state index in [-0.39, 0.29) is 23.7 Å². The van der Waals surface area contributed by atoms with Crippen molar-refractivity contribution in [2.45, 2.75) is 38.7 Å². The highest BCUT2D eigenvalue weighted by Gasteiger charge is 2.24. The molecular weight excluding hydrogens is 288 g/mol. The van der Waals surface area contributed by atoms with Gasteiger partial charge in [0.25, 0.3) is 5.91 Å². The summed E-state index contributed by atoms with van der Waals surface area (Å²) < 4.78 is 0. The molecule has 1 aromatic heterocycles. The number of amides is 1. The average molecular weight is 312 g/mol. The molecule has 1 aromatic rings. The summed E-state index contributed by atoms with van der Waals surface area (Å²) >= 11 is 1.30. The second kappa shape index (κ2) is 7.09. The van der Waals surface area contributed by atoms with E-state index in [9.17, 15) is 9.90 Å². The fourth-order valence-electron chi connectivity index (χ4n) is 2.51. The lowest BCUT2D eigenvalue weighted by atomic mass is 9.86. The second-order valence-electron chi connectivity index (χ2n) is 5.55. The summed E-state index contributed by atoms with van der Waals surface area (Å²) in [6, 6.07) is 0. The molecule has 0 radical (unpaired) electrons. The van der Waals surface area contributed by atoms with E-state index in [4.69, 9.17) is 5.73 Å². The number of nitrogens with two attached hydrogens (primary N) is 1. The number of hydrogen-bond donors (Lipinski definition) is 3. The number of nitrogens with one attached hydrogen (secondary N) is 1. The third-order valence-electron chi connectivity index (χ3n) is 4.04. The van der Waals surface area contributed by atoms with Gasteiger partial charge in [0.15, 0.2) is 5.13 Å². The molecule has 4 N–H and O–H groups in total. The minimum atomic E-state index is -0.306. The SMILES string of the molecule is CCN(C)c1nc(N)c(C(=O)NCC2CCCCC2O)s1. The molecule has 2 unspecified atom stereocenters. The van der Waals surface area contributed by atoms with E-state index in [1.54, 1.807) is 0 Å². The summed E-state index contributed by atoms with van der Waals surface area (Å²) in [5.74, 6) is 0.227. The van der Waals surface area contributed by atoms with Crippen molar-refractivity contribution in [1.82, 2.24) is 10.3 Å². The van der Waals surface area contributed by atoms with E-state index in [1.807, 2.05) is 18.9 Å². The first-order valence-electron chi connectivity index (χ1n) is 7.46. The van der Waals surface area contributed by atoms with Crippen molar-refractivity contribution in [2.24, 2.45) is 5.92 Å². The van der Waals surface area contributed by atoms with Crippen molar-refractivity contribution >= 4 is 28.2 Å². The summed E-state index contributed by atoms with van der Waals surface area (Å²) in [6.07, 6.45) is 3.67. The maximum atomic E-state index is 12.2. The highest BCUT2D eigenvalue weighted by atomic mass is 32.1. The molecule has 1 fully saturated rings. The Morgan fingerprint density at radius 2 is 2.24 bits per heavy atom. The number of carbonyl (C=O) groups excluding carboxylic acids is 1. The standard InChI is InChI=1S/C14H24N4O2S/c1-3-18(2)14-17-12(15)11(21-14)13(20)16-8-9-6-4-5-7-10(9)19/h9-10,19H,3-8,15H2,1-2H3,(H,16,20). The maximum Gasteiger partial charge on any atom is 0.265 e. The lowest BCUT2D eigenvalue weighted by molar-refractivity contribution is 0.0664. The molecule has 0 spiro atoms. The Balaban J connectivity index is 1.95. The number of nitrogens with zero attached hydrogens (tertiary/aromatic N) is 2. The van der Waals surface area contributed by atoms with Crippen LogP contribution in [-0.4, -0.2) is 42.2 Å². The number of carbonyl (C=O) groups is 1. The van der Waals surface area contributed by atoms with Crippen LogP contribution in [0.25, 0.3) is 0 Å². The van der Waals surface area contributed by atoms with Crippen LogP contribution >= 0.6 is 11.3 Å². The van der Waals surface area contributed by atoms with Crippen molar-refractivity contribution in [3.63, 3.8) is 0 Å². The highest BCUT2D eigenvalue weighted by molar-refractivity contribution is 7.18. The van der Waals surface area contributed by atoms with Gasteiger partial charge in [-0.25, -0.2) is 4.98 Å². The minimum absolute atomic E-state index is 0.148. The lowest BCUT2D eigenvalue weighted by Crippen LogP contribution is -2.36. The number of nitrogen functional groups attached to an aromatic ring is 1. The van der Waals surface area contributed by atoms with E-state index in [0.717, 1.165) is 37.4 Å². The maximum absolute atomic E-state index is 12.2. The molecule has 1 aliphatic rings. The Morgan fingerprint density at radius 1 is 1.52 bits per heavy atom. The Hall–Kier alpha value is -1.34. The van der Waals surface area contributed by atoms with Gasteiger partial charge in [-0.2, -0.15) is 0 Å². The molecule has 2 rings (SSSR count). The smallest absolute Gasteiger partial charge is 0.265 e. The first-order chi connectivity index (χ1) is 10.0. The third-order valence-corrected chi connectivity index (χ3v) is 5.23. The fourth-order valence-corrected chi connectivity index (χ4v) is 3.44. The largest absolute Gasteiger partial charge is 0.393 e. The van der Waals surface area contributed by atoms with Gasteiger partial charge in [0, 0.05) is 26.1 Å². The fraction of sp³-hybridized carbons (Fsp3) is 0.714.